The van der Waals surface area contributed by atoms with Crippen LogP contribution in [0.5, 0.6) is 0 Å². The second-order valence-electron chi connectivity index (χ2n) is 5.55. The third-order valence-corrected chi connectivity index (χ3v) is 4.80. The van der Waals surface area contributed by atoms with Crippen LogP contribution in [0.3, 0.4) is 0 Å². The molecule has 0 unspecified atom stereocenters. The molecule has 2 N–H and O–H groups in total. The molecule has 2 rings (SSSR count). The molecular formula is C14H22N2O2S. The molecule has 0 aromatic heterocycles. The first-order valence-electron chi connectivity index (χ1n) is 6.79. The molecule has 0 bridgehead atoms. The topological polar surface area (TPSA) is 58.2 Å². The van der Waals surface area contributed by atoms with Crippen LogP contribution in [0, 0.1) is 5.92 Å². The third-order valence-electron chi connectivity index (χ3n) is 3.26. The lowest BCUT2D eigenvalue weighted by molar-refractivity contribution is 0.560. The molecule has 5 heteroatoms. The highest BCUT2D eigenvalue weighted by Gasteiger charge is 2.22. The number of hydrogen-bond donors (Lipinski definition) is 2. The Morgan fingerprint density at radius 3 is 2.53 bits per heavy atom. The third kappa shape index (κ3) is 4.03. The van der Waals surface area contributed by atoms with E-state index in [2.05, 4.69) is 23.9 Å². The largest absolute Gasteiger partial charge is 0.315 e. The van der Waals surface area contributed by atoms with E-state index < -0.39 is 10.0 Å². The molecule has 1 atom stereocenters. The Kier molecular flexibility index (Phi) is 4.60. The van der Waals surface area contributed by atoms with Crippen molar-refractivity contribution in [2.45, 2.75) is 37.6 Å². The molecule has 1 fully saturated rings. The van der Waals surface area contributed by atoms with Gasteiger partial charge in [-0.1, -0.05) is 26.0 Å². The fraction of sp³-hybridized carbons (Fsp3) is 0.571. The lowest BCUT2D eigenvalue weighted by Gasteiger charge is -2.12. The van der Waals surface area contributed by atoms with E-state index in [9.17, 15) is 8.42 Å². The van der Waals surface area contributed by atoms with Gasteiger partial charge in [-0.25, -0.2) is 13.1 Å². The van der Waals surface area contributed by atoms with Crippen molar-refractivity contribution >= 4 is 10.0 Å². The summed E-state index contributed by atoms with van der Waals surface area (Å²) in [6.45, 7) is 5.89. The van der Waals surface area contributed by atoms with E-state index in [1.165, 1.54) is 5.56 Å². The quantitative estimate of drug-likeness (QED) is 0.861. The summed E-state index contributed by atoms with van der Waals surface area (Å²) in [7, 11) is -3.38. The molecule has 1 aromatic rings. The van der Waals surface area contributed by atoms with Gasteiger partial charge in [0.05, 0.1) is 4.90 Å². The standard InChI is InChI=1S/C14H22N2O2S/c1-11(2)9-12-3-5-14(6-4-12)19(17,18)16-13-7-8-15-10-13/h3-6,11,13,15-16H,7-10H2,1-2H3/t13-/m0/s1. The fourth-order valence-electron chi connectivity index (χ4n) is 2.32. The number of rotatable bonds is 5. The zero-order valence-electron chi connectivity index (χ0n) is 11.5. The Labute approximate surface area is 115 Å². The van der Waals surface area contributed by atoms with Crippen LogP contribution < -0.4 is 10.0 Å². The van der Waals surface area contributed by atoms with Crippen LogP contribution in [0.25, 0.3) is 0 Å². The van der Waals surface area contributed by atoms with Crippen molar-refractivity contribution in [3.63, 3.8) is 0 Å². The number of benzene rings is 1. The first-order chi connectivity index (χ1) is 8.97. The van der Waals surface area contributed by atoms with Crippen LogP contribution in [-0.2, 0) is 16.4 Å². The maximum atomic E-state index is 12.2. The van der Waals surface area contributed by atoms with Crippen molar-refractivity contribution < 1.29 is 8.42 Å². The molecule has 1 aliphatic rings. The minimum atomic E-state index is -3.38. The zero-order chi connectivity index (χ0) is 13.9. The normalized spacial score (nSPS) is 20.1. The zero-order valence-corrected chi connectivity index (χ0v) is 12.3. The summed E-state index contributed by atoms with van der Waals surface area (Å²) < 4.78 is 27.1. The average Bonchev–Trinajstić information content (AvgIpc) is 2.81. The summed E-state index contributed by atoms with van der Waals surface area (Å²) in [6, 6.07) is 7.22. The Hall–Kier alpha value is -0.910. The first-order valence-corrected chi connectivity index (χ1v) is 8.27. The van der Waals surface area contributed by atoms with Gasteiger partial charge in [-0.3, -0.25) is 0 Å². The lowest BCUT2D eigenvalue weighted by atomic mass is 10.0. The monoisotopic (exact) mass is 282 g/mol. The predicted molar refractivity (Wildman–Crippen MR) is 76.6 cm³/mol. The highest BCUT2D eigenvalue weighted by atomic mass is 32.2. The maximum Gasteiger partial charge on any atom is 0.240 e. The van der Waals surface area contributed by atoms with E-state index in [0.29, 0.717) is 17.4 Å². The van der Waals surface area contributed by atoms with Crippen LogP contribution in [0.1, 0.15) is 25.8 Å². The molecule has 0 aliphatic carbocycles. The summed E-state index contributed by atoms with van der Waals surface area (Å²) in [4.78, 5) is 0.354. The molecule has 1 saturated heterocycles. The second-order valence-corrected chi connectivity index (χ2v) is 7.27. The highest BCUT2D eigenvalue weighted by Crippen LogP contribution is 2.14. The number of sulfonamides is 1. The van der Waals surface area contributed by atoms with Gasteiger partial charge in [0.1, 0.15) is 0 Å². The van der Waals surface area contributed by atoms with Crippen LogP contribution in [0.15, 0.2) is 29.2 Å². The Bertz CT molecular complexity index is 503. The van der Waals surface area contributed by atoms with Crippen molar-refractivity contribution in [2.24, 2.45) is 5.92 Å². The van der Waals surface area contributed by atoms with Gasteiger partial charge in [-0.15, -0.1) is 0 Å². The van der Waals surface area contributed by atoms with E-state index in [0.717, 1.165) is 19.4 Å². The molecular weight excluding hydrogens is 260 g/mol. The fourth-order valence-corrected chi connectivity index (χ4v) is 3.59. The molecule has 106 valence electrons. The predicted octanol–water partition coefficient (Wildman–Crippen LogP) is 1.53. The smallest absolute Gasteiger partial charge is 0.240 e. The molecule has 0 spiro atoms. The van der Waals surface area contributed by atoms with Gasteiger partial charge in [0.25, 0.3) is 0 Å². The Morgan fingerprint density at radius 1 is 1.32 bits per heavy atom. The van der Waals surface area contributed by atoms with E-state index in [1.807, 2.05) is 12.1 Å². The molecule has 1 aliphatic heterocycles. The van der Waals surface area contributed by atoms with E-state index >= 15 is 0 Å². The summed E-state index contributed by atoms with van der Waals surface area (Å²) in [5.41, 5.74) is 1.18. The minimum Gasteiger partial charge on any atom is -0.315 e. The molecule has 4 nitrogen and oxygen atoms in total. The van der Waals surface area contributed by atoms with Crippen LogP contribution in [0.4, 0.5) is 0 Å². The molecule has 1 heterocycles. The Balaban J connectivity index is 2.07. The van der Waals surface area contributed by atoms with Crippen LogP contribution in [0.2, 0.25) is 0 Å². The van der Waals surface area contributed by atoms with Gasteiger partial charge in [-0.05, 0) is 43.0 Å². The highest BCUT2D eigenvalue weighted by molar-refractivity contribution is 7.89. The van der Waals surface area contributed by atoms with Crippen molar-refractivity contribution in [3.05, 3.63) is 29.8 Å². The van der Waals surface area contributed by atoms with Crippen LogP contribution >= 0.6 is 0 Å². The number of hydrogen-bond acceptors (Lipinski definition) is 3. The lowest BCUT2D eigenvalue weighted by Crippen LogP contribution is -2.36. The second kappa shape index (κ2) is 6.03. The van der Waals surface area contributed by atoms with E-state index in [4.69, 9.17) is 0 Å². The summed E-state index contributed by atoms with van der Waals surface area (Å²) in [5.74, 6) is 0.574. The molecule has 0 saturated carbocycles. The molecule has 1 aromatic carbocycles. The average molecular weight is 282 g/mol. The van der Waals surface area contributed by atoms with Gasteiger partial charge in [0, 0.05) is 12.6 Å². The molecule has 19 heavy (non-hydrogen) atoms. The SMILES string of the molecule is CC(C)Cc1ccc(S(=O)(=O)N[C@H]2CCNC2)cc1. The first kappa shape index (κ1) is 14.5. The van der Waals surface area contributed by atoms with Gasteiger partial charge in [0.2, 0.25) is 10.0 Å². The summed E-state index contributed by atoms with van der Waals surface area (Å²) in [6.07, 6.45) is 1.82. The van der Waals surface area contributed by atoms with Gasteiger partial charge in [0.15, 0.2) is 0 Å². The van der Waals surface area contributed by atoms with Gasteiger partial charge >= 0.3 is 0 Å². The van der Waals surface area contributed by atoms with Crippen LogP contribution in [-0.4, -0.2) is 27.5 Å². The Morgan fingerprint density at radius 2 is 2.00 bits per heavy atom. The van der Waals surface area contributed by atoms with E-state index in [1.54, 1.807) is 12.1 Å². The van der Waals surface area contributed by atoms with Gasteiger partial charge < -0.3 is 5.32 Å². The van der Waals surface area contributed by atoms with Crippen molar-refractivity contribution in [1.29, 1.82) is 0 Å². The van der Waals surface area contributed by atoms with Crippen molar-refractivity contribution in [1.82, 2.24) is 10.0 Å². The molecule has 0 radical (unpaired) electrons. The van der Waals surface area contributed by atoms with Crippen molar-refractivity contribution in [3.8, 4) is 0 Å². The van der Waals surface area contributed by atoms with E-state index in [-0.39, 0.29) is 6.04 Å². The van der Waals surface area contributed by atoms with Gasteiger partial charge in [-0.2, -0.15) is 0 Å². The minimum absolute atomic E-state index is 0.0142. The number of nitrogens with one attached hydrogen (secondary N) is 2. The summed E-state index contributed by atoms with van der Waals surface area (Å²) in [5, 5.41) is 3.15. The van der Waals surface area contributed by atoms with Crippen molar-refractivity contribution in [2.75, 3.05) is 13.1 Å². The maximum absolute atomic E-state index is 12.2. The molecule has 0 amide bonds. The summed E-state index contributed by atoms with van der Waals surface area (Å²) >= 11 is 0.